The van der Waals surface area contributed by atoms with Crippen LogP contribution in [0.25, 0.3) is 5.69 Å². The Morgan fingerprint density at radius 2 is 1.89 bits per heavy atom. The molecule has 1 amide bonds. The average Bonchev–Trinajstić information content (AvgIpc) is 3.31. The summed E-state index contributed by atoms with van der Waals surface area (Å²) < 4.78 is 11.8. The van der Waals surface area contributed by atoms with E-state index in [9.17, 15) is 14.4 Å². The monoisotopic (exact) mass is 538 g/mol. The highest BCUT2D eigenvalue weighted by Gasteiger charge is 2.25. The first kappa shape index (κ1) is 27.2. The summed E-state index contributed by atoms with van der Waals surface area (Å²) in [5, 5.41) is 4.80. The molecule has 1 aliphatic rings. The summed E-state index contributed by atoms with van der Waals surface area (Å²) in [6.45, 7) is 3.14. The lowest BCUT2D eigenvalue weighted by molar-refractivity contribution is -0.119. The molecule has 1 saturated heterocycles. The molecule has 2 heterocycles. The van der Waals surface area contributed by atoms with E-state index < -0.39 is 5.97 Å². The smallest absolute Gasteiger partial charge is 0.359 e. The fourth-order valence-corrected chi connectivity index (χ4v) is 4.80. The normalized spacial score (nSPS) is 13.4. The van der Waals surface area contributed by atoms with Gasteiger partial charge < -0.3 is 19.3 Å². The van der Waals surface area contributed by atoms with Gasteiger partial charge in [-0.25, -0.2) is 9.48 Å². The lowest BCUT2D eigenvalue weighted by Crippen LogP contribution is -2.35. The number of carbonyl (C=O) groups excluding carboxylic acids is 3. The Labute approximate surface area is 226 Å². The lowest BCUT2D eigenvalue weighted by atomic mass is 10.1. The summed E-state index contributed by atoms with van der Waals surface area (Å²) in [5.74, 6) is 0.0425. The van der Waals surface area contributed by atoms with Crippen molar-refractivity contribution in [2.24, 2.45) is 0 Å². The van der Waals surface area contributed by atoms with Gasteiger partial charge in [0, 0.05) is 43.5 Å². The first-order chi connectivity index (χ1) is 18.4. The van der Waals surface area contributed by atoms with Gasteiger partial charge in [0.05, 0.1) is 24.4 Å². The van der Waals surface area contributed by atoms with Crippen LogP contribution in [0, 0.1) is 0 Å². The van der Waals surface area contributed by atoms with Crippen molar-refractivity contribution in [2.45, 2.75) is 32.6 Å². The predicted molar refractivity (Wildman–Crippen MR) is 146 cm³/mol. The van der Waals surface area contributed by atoms with Gasteiger partial charge in [0.15, 0.2) is 12.0 Å². The highest BCUT2D eigenvalue weighted by molar-refractivity contribution is 6.32. The molecule has 0 radical (unpaired) electrons. The van der Waals surface area contributed by atoms with Crippen molar-refractivity contribution < 1.29 is 23.9 Å². The van der Waals surface area contributed by atoms with E-state index in [0.29, 0.717) is 47.7 Å². The Balaban J connectivity index is 1.58. The zero-order valence-electron chi connectivity index (χ0n) is 21.8. The quantitative estimate of drug-likeness (QED) is 0.272. The molecule has 1 fully saturated rings. The molecule has 9 nitrogen and oxygen atoms in total. The van der Waals surface area contributed by atoms with Gasteiger partial charge >= 0.3 is 5.97 Å². The van der Waals surface area contributed by atoms with E-state index in [4.69, 9.17) is 21.1 Å². The van der Waals surface area contributed by atoms with Gasteiger partial charge in [-0.1, -0.05) is 11.6 Å². The Morgan fingerprint density at radius 3 is 2.53 bits per heavy atom. The summed E-state index contributed by atoms with van der Waals surface area (Å²) in [5.41, 5.74) is 3.19. The SMILES string of the molecule is CCOC(=O)c1nn(-c2ccc(OC)c(Cl)c2)c(C=O)c1CCN(C)c1ccc(N2CCCCC2=O)cc1. The molecule has 10 heteroatoms. The number of carbonyl (C=O) groups is 3. The average molecular weight is 539 g/mol. The van der Waals surface area contributed by atoms with Crippen LogP contribution in [0.3, 0.4) is 0 Å². The minimum absolute atomic E-state index is 0.0910. The van der Waals surface area contributed by atoms with E-state index in [2.05, 4.69) is 5.10 Å². The molecule has 0 spiro atoms. The van der Waals surface area contributed by atoms with Crippen molar-refractivity contribution in [1.29, 1.82) is 0 Å². The summed E-state index contributed by atoms with van der Waals surface area (Å²) >= 11 is 6.30. The number of aldehydes is 1. The molecule has 1 aliphatic heterocycles. The third-order valence-corrected chi connectivity index (χ3v) is 6.90. The van der Waals surface area contributed by atoms with Crippen LogP contribution < -0.4 is 14.5 Å². The van der Waals surface area contributed by atoms with E-state index in [1.54, 1.807) is 25.1 Å². The zero-order chi connectivity index (χ0) is 27.2. The van der Waals surface area contributed by atoms with E-state index >= 15 is 0 Å². The van der Waals surface area contributed by atoms with Crippen LogP contribution in [0.4, 0.5) is 11.4 Å². The van der Waals surface area contributed by atoms with Crippen LogP contribution in [-0.2, 0) is 16.0 Å². The second-order valence-electron chi connectivity index (χ2n) is 8.97. The highest BCUT2D eigenvalue weighted by Crippen LogP contribution is 2.29. The number of likely N-dealkylation sites (N-methyl/N-ethyl adjacent to an activating group) is 1. The van der Waals surface area contributed by atoms with Crippen molar-refractivity contribution in [3.63, 3.8) is 0 Å². The minimum Gasteiger partial charge on any atom is -0.495 e. The van der Waals surface area contributed by atoms with Gasteiger partial charge in [-0.2, -0.15) is 5.10 Å². The van der Waals surface area contributed by atoms with Gasteiger partial charge in [-0.05, 0) is 68.7 Å². The molecule has 0 bridgehead atoms. The standard InChI is InChI=1S/C28H31ClN4O5/c1-4-38-28(36)27-22(24(18-34)33(30-27)21-12-13-25(37-3)23(29)17-21)14-16-31(2)19-8-10-20(11-9-19)32-15-6-5-7-26(32)35/h8-13,17-18H,4-7,14-16H2,1-3H3. The largest absolute Gasteiger partial charge is 0.495 e. The van der Waals surface area contributed by atoms with Crippen molar-refractivity contribution in [2.75, 3.05) is 43.7 Å². The summed E-state index contributed by atoms with van der Waals surface area (Å²) in [4.78, 5) is 41.1. The van der Waals surface area contributed by atoms with Crippen molar-refractivity contribution >= 4 is 41.1 Å². The molecule has 0 saturated carbocycles. The molecule has 1 aromatic heterocycles. The van der Waals surface area contributed by atoms with E-state index in [1.165, 1.54) is 11.8 Å². The fraction of sp³-hybridized carbons (Fsp3) is 0.357. The lowest BCUT2D eigenvalue weighted by Gasteiger charge is -2.27. The van der Waals surface area contributed by atoms with Gasteiger partial charge in [0.2, 0.25) is 5.91 Å². The number of anilines is 2. The second-order valence-corrected chi connectivity index (χ2v) is 9.38. The van der Waals surface area contributed by atoms with Crippen molar-refractivity contribution in [3.05, 3.63) is 64.4 Å². The topological polar surface area (TPSA) is 94.0 Å². The molecular formula is C28H31ClN4O5. The number of methoxy groups -OCH3 is 1. The van der Waals surface area contributed by atoms with Crippen LogP contribution >= 0.6 is 11.6 Å². The number of amides is 1. The Hall–Kier alpha value is -3.85. The predicted octanol–water partition coefficient (Wildman–Crippen LogP) is 4.72. The number of ether oxygens (including phenoxy) is 2. The van der Waals surface area contributed by atoms with Crippen LogP contribution in [0.1, 0.15) is 52.7 Å². The maximum atomic E-state index is 12.8. The van der Waals surface area contributed by atoms with Crippen LogP contribution in [0.5, 0.6) is 5.75 Å². The molecule has 38 heavy (non-hydrogen) atoms. The van der Waals surface area contributed by atoms with Crippen LogP contribution in [0.15, 0.2) is 42.5 Å². The second kappa shape index (κ2) is 12.1. The van der Waals surface area contributed by atoms with Crippen LogP contribution in [0.2, 0.25) is 5.02 Å². The summed E-state index contributed by atoms with van der Waals surface area (Å²) in [7, 11) is 3.44. The minimum atomic E-state index is -0.595. The third kappa shape index (κ3) is 5.67. The number of hydrogen-bond acceptors (Lipinski definition) is 7. The molecule has 0 unspecified atom stereocenters. The number of esters is 1. The number of piperidine rings is 1. The molecular weight excluding hydrogens is 508 g/mol. The first-order valence-electron chi connectivity index (χ1n) is 12.6. The van der Waals surface area contributed by atoms with E-state index in [-0.39, 0.29) is 23.9 Å². The Bertz CT molecular complexity index is 1320. The maximum Gasteiger partial charge on any atom is 0.359 e. The third-order valence-electron chi connectivity index (χ3n) is 6.61. The molecule has 2 aromatic carbocycles. The molecule has 200 valence electrons. The Kier molecular flexibility index (Phi) is 8.68. The summed E-state index contributed by atoms with van der Waals surface area (Å²) in [6, 6.07) is 12.8. The number of hydrogen-bond donors (Lipinski definition) is 0. The maximum absolute atomic E-state index is 12.8. The molecule has 0 aliphatic carbocycles. The van der Waals surface area contributed by atoms with Crippen molar-refractivity contribution in [1.82, 2.24) is 9.78 Å². The zero-order valence-corrected chi connectivity index (χ0v) is 22.5. The molecule has 3 aromatic rings. The van der Waals surface area contributed by atoms with Crippen LogP contribution in [-0.4, -0.2) is 61.8 Å². The molecule has 0 N–H and O–H groups in total. The van der Waals surface area contributed by atoms with Gasteiger partial charge in [0.1, 0.15) is 11.4 Å². The number of rotatable bonds is 10. The Morgan fingerprint density at radius 1 is 1.16 bits per heavy atom. The van der Waals surface area contributed by atoms with Gasteiger partial charge in [0.25, 0.3) is 0 Å². The number of benzene rings is 2. The highest BCUT2D eigenvalue weighted by atomic mass is 35.5. The first-order valence-corrected chi connectivity index (χ1v) is 12.9. The number of halogens is 1. The van der Waals surface area contributed by atoms with Crippen molar-refractivity contribution in [3.8, 4) is 11.4 Å². The van der Waals surface area contributed by atoms with E-state index in [0.717, 1.165) is 30.8 Å². The van der Waals surface area contributed by atoms with Gasteiger partial charge in [-0.3, -0.25) is 9.59 Å². The van der Waals surface area contributed by atoms with Gasteiger partial charge in [-0.15, -0.1) is 0 Å². The molecule has 4 rings (SSSR count). The fourth-order valence-electron chi connectivity index (χ4n) is 4.55. The number of nitrogens with zero attached hydrogens (tertiary/aromatic N) is 4. The number of aromatic nitrogens is 2. The summed E-state index contributed by atoms with van der Waals surface area (Å²) in [6.07, 6.45) is 3.59. The molecule has 0 atom stereocenters. The van der Waals surface area contributed by atoms with E-state index in [1.807, 2.05) is 41.1 Å².